The van der Waals surface area contributed by atoms with Crippen LogP contribution in [-0.4, -0.2) is 59.9 Å². The molecule has 3 N–H and O–H groups in total. The lowest BCUT2D eigenvalue weighted by molar-refractivity contribution is -0.142. The summed E-state index contributed by atoms with van der Waals surface area (Å²) >= 11 is 1.49. The number of fused-ring (bicyclic) bond motifs is 3. The van der Waals surface area contributed by atoms with Gasteiger partial charge in [-0.1, -0.05) is 78.9 Å². The number of nitrogens with one attached hydrogen (secondary N) is 2. The van der Waals surface area contributed by atoms with E-state index in [1.807, 2.05) is 73.0 Å². The third kappa shape index (κ3) is 7.22. The number of thioether (sulfide) groups is 1. The number of alkyl carbamates (subject to hydrolysis) is 1. The van der Waals surface area contributed by atoms with Gasteiger partial charge in [-0.05, 0) is 53.2 Å². The van der Waals surface area contributed by atoms with Gasteiger partial charge in [0.15, 0.2) is 0 Å². The average molecular weight is 563 g/mol. The molecule has 9 heteroatoms. The van der Waals surface area contributed by atoms with Crippen LogP contribution in [0.2, 0.25) is 0 Å². The van der Waals surface area contributed by atoms with Gasteiger partial charge in [0.1, 0.15) is 18.7 Å². The Balaban J connectivity index is 1.45. The number of hydrogen-bond donors (Lipinski definition) is 3. The van der Waals surface area contributed by atoms with Gasteiger partial charge >= 0.3 is 12.1 Å². The summed E-state index contributed by atoms with van der Waals surface area (Å²) in [5.41, 5.74) is 5.26. The summed E-state index contributed by atoms with van der Waals surface area (Å²) in [6.45, 7) is 1.96. The molecule has 8 nitrogen and oxygen atoms in total. The number of aliphatic carboxylic acids is 1. The number of carbonyl (C=O) groups excluding carboxylic acids is 2. The van der Waals surface area contributed by atoms with Crippen molar-refractivity contribution in [3.05, 3.63) is 95.6 Å². The molecule has 1 aliphatic rings. The number of hydrogen-bond acceptors (Lipinski definition) is 6. The standard InChI is InChI=1S/C31H34N2O6S/c1-20(38-18-21-10-4-3-5-11-21)28(29(34)32-27(30(35)36)16-17-40-2)33-31(37)39-19-26-24-14-8-6-12-22(24)23-13-7-9-15-25(23)26/h3-15,20,26-28H,16-19H2,1-2H3,(H,32,34)(H,33,37)(H,35,36). The fourth-order valence-electron chi connectivity index (χ4n) is 4.82. The van der Waals surface area contributed by atoms with Crippen LogP contribution in [0.15, 0.2) is 78.9 Å². The van der Waals surface area contributed by atoms with Crippen molar-refractivity contribution in [2.45, 2.75) is 44.1 Å². The van der Waals surface area contributed by atoms with Crippen LogP contribution >= 0.6 is 11.8 Å². The van der Waals surface area contributed by atoms with E-state index in [-0.39, 0.29) is 25.6 Å². The minimum absolute atomic E-state index is 0.0823. The van der Waals surface area contributed by atoms with Crippen molar-refractivity contribution in [2.75, 3.05) is 18.6 Å². The monoisotopic (exact) mass is 562 g/mol. The van der Waals surface area contributed by atoms with Crippen LogP contribution in [0.3, 0.4) is 0 Å². The summed E-state index contributed by atoms with van der Waals surface area (Å²) in [6.07, 6.45) is 0.560. The molecule has 3 atom stereocenters. The Bertz CT molecular complexity index is 1270. The quantitative estimate of drug-likeness (QED) is 0.274. The average Bonchev–Trinajstić information content (AvgIpc) is 3.29. The highest BCUT2D eigenvalue weighted by atomic mass is 32.2. The second-order valence-electron chi connectivity index (χ2n) is 9.63. The molecule has 40 heavy (non-hydrogen) atoms. The molecule has 2 amide bonds. The number of carbonyl (C=O) groups is 3. The molecule has 1 aliphatic carbocycles. The number of carboxylic acids is 1. The van der Waals surface area contributed by atoms with Gasteiger partial charge in [-0.15, -0.1) is 0 Å². The molecular weight excluding hydrogens is 528 g/mol. The lowest BCUT2D eigenvalue weighted by Crippen LogP contribution is -2.56. The van der Waals surface area contributed by atoms with Crippen LogP contribution < -0.4 is 10.6 Å². The molecule has 3 unspecified atom stereocenters. The van der Waals surface area contributed by atoms with Gasteiger partial charge in [0, 0.05) is 5.92 Å². The first-order chi connectivity index (χ1) is 19.4. The van der Waals surface area contributed by atoms with E-state index in [0.29, 0.717) is 5.75 Å². The smallest absolute Gasteiger partial charge is 0.407 e. The SMILES string of the molecule is CSCCC(NC(=O)C(NC(=O)OCC1c2ccccc2-c2ccccc21)C(C)OCc1ccccc1)C(=O)O. The van der Waals surface area contributed by atoms with E-state index in [1.54, 1.807) is 6.92 Å². The van der Waals surface area contributed by atoms with E-state index in [4.69, 9.17) is 9.47 Å². The van der Waals surface area contributed by atoms with Crippen molar-refractivity contribution in [2.24, 2.45) is 0 Å². The predicted molar refractivity (Wildman–Crippen MR) is 155 cm³/mol. The Morgan fingerprint density at radius 1 is 0.900 bits per heavy atom. The third-order valence-electron chi connectivity index (χ3n) is 6.95. The third-order valence-corrected chi connectivity index (χ3v) is 7.59. The van der Waals surface area contributed by atoms with Crippen LogP contribution in [0.1, 0.15) is 36.0 Å². The van der Waals surface area contributed by atoms with Crippen molar-refractivity contribution in [3.8, 4) is 11.1 Å². The molecule has 0 aliphatic heterocycles. The first-order valence-corrected chi connectivity index (χ1v) is 14.6. The van der Waals surface area contributed by atoms with E-state index < -0.39 is 36.2 Å². The molecule has 3 aromatic rings. The van der Waals surface area contributed by atoms with Crippen LogP contribution in [-0.2, 0) is 25.7 Å². The number of rotatable bonds is 13. The van der Waals surface area contributed by atoms with Gasteiger partial charge in [0.05, 0.1) is 12.7 Å². The summed E-state index contributed by atoms with van der Waals surface area (Å²) in [7, 11) is 0. The summed E-state index contributed by atoms with van der Waals surface area (Å²) in [4.78, 5) is 38.0. The molecule has 3 aromatic carbocycles. The molecular formula is C31H34N2O6S. The zero-order valence-corrected chi connectivity index (χ0v) is 23.4. The highest BCUT2D eigenvalue weighted by Crippen LogP contribution is 2.44. The summed E-state index contributed by atoms with van der Waals surface area (Å²) in [5, 5.41) is 14.8. The van der Waals surface area contributed by atoms with Crippen LogP contribution in [0.4, 0.5) is 4.79 Å². The van der Waals surface area contributed by atoms with Gasteiger partial charge in [-0.3, -0.25) is 4.79 Å². The summed E-state index contributed by atoms with van der Waals surface area (Å²) in [6, 6.07) is 23.2. The second-order valence-corrected chi connectivity index (χ2v) is 10.6. The maximum Gasteiger partial charge on any atom is 0.407 e. The largest absolute Gasteiger partial charge is 0.480 e. The lowest BCUT2D eigenvalue weighted by atomic mass is 9.98. The Labute approximate surface area is 238 Å². The van der Waals surface area contributed by atoms with Crippen LogP contribution in [0, 0.1) is 0 Å². The molecule has 0 fully saturated rings. The van der Waals surface area contributed by atoms with E-state index >= 15 is 0 Å². The van der Waals surface area contributed by atoms with Gasteiger partial charge in [0.25, 0.3) is 0 Å². The Morgan fingerprint density at radius 3 is 2.10 bits per heavy atom. The Hall–Kier alpha value is -3.82. The number of benzene rings is 3. The first kappa shape index (κ1) is 29.2. The van der Waals surface area contributed by atoms with Crippen molar-refractivity contribution in [3.63, 3.8) is 0 Å². The summed E-state index contributed by atoms with van der Waals surface area (Å²) < 4.78 is 11.6. The number of ether oxygens (including phenoxy) is 2. The minimum Gasteiger partial charge on any atom is -0.480 e. The number of carboxylic acid groups (broad SMARTS) is 1. The molecule has 210 valence electrons. The molecule has 0 spiro atoms. The summed E-state index contributed by atoms with van der Waals surface area (Å²) in [5.74, 6) is -1.37. The van der Waals surface area contributed by atoms with Gasteiger partial charge in [-0.25, -0.2) is 9.59 Å². The topological polar surface area (TPSA) is 114 Å². The normalized spacial score (nSPS) is 14.3. The van der Waals surface area contributed by atoms with E-state index in [1.165, 1.54) is 11.8 Å². The maximum atomic E-state index is 13.3. The van der Waals surface area contributed by atoms with E-state index in [9.17, 15) is 19.5 Å². The fraction of sp³-hybridized carbons (Fsp3) is 0.323. The van der Waals surface area contributed by atoms with Gasteiger partial charge in [-0.2, -0.15) is 11.8 Å². The molecule has 0 aromatic heterocycles. The van der Waals surface area contributed by atoms with Gasteiger partial charge < -0.3 is 25.2 Å². The van der Waals surface area contributed by atoms with Gasteiger partial charge in [0.2, 0.25) is 5.91 Å². The van der Waals surface area contributed by atoms with Crippen LogP contribution in [0.25, 0.3) is 11.1 Å². The molecule has 0 saturated carbocycles. The zero-order valence-electron chi connectivity index (χ0n) is 22.5. The highest BCUT2D eigenvalue weighted by Gasteiger charge is 2.33. The lowest BCUT2D eigenvalue weighted by Gasteiger charge is -2.26. The van der Waals surface area contributed by atoms with E-state index in [2.05, 4.69) is 22.8 Å². The fourth-order valence-corrected chi connectivity index (χ4v) is 5.29. The van der Waals surface area contributed by atoms with Crippen LogP contribution in [0.5, 0.6) is 0 Å². The Morgan fingerprint density at radius 2 is 1.50 bits per heavy atom. The minimum atomic E-state index is -1.17. The molecule has 0 heterocycles. The van der Waals surface area contributed by atoms with Crippen molar-refractivity contribution in [1.29, 1.82) is 0 Å². The molecule has 0 saturated heterocycles. The highest BCUT2D eigenvalue weighted by molar-refractivity contribution is 7.98. The Kier molecular flexibility index (Phi) is 10.2. The molecule has 0 radical (unpaired) electrons. The van der Waals surface area contributed by atoms with E-state index in [0.717, 1.165) is 27.8 Å². The van der Waals surface area contributed by atoms with Crippen molar-refractivity contribution in [1.82, 2.24) is 10.6 Å². The molecule has 4 rings (SSSR count). The maximum absolute atomic E-state index is 13.3. The first-order valence-electron chi connectivity index (χ1n) is 13.2. The zero-order chi connectivity index (χ0) is 28.5. The number of amides is 2. The predicted octanol–water partition coefficient (Wildman–Crippen LogP) is 4.82. The molecule has 0 bridgehead atoms. The van der Waals surface area contributed by atoms with Crippen molar-refractivity contribution >= 4 is 29.7 Å². The second kappa shape index (κ2) is 14.0. The van der Waals surface area contributed by atoms with Crippen molar-refractivity contribution < 1.29 is 29.0 Å².